The van der Waals surface area contributed by atoms with Crippen LogP contribution in [0.5, 0.6) is 0 Å². The van der Waals surface area contributed by atoms with Crippen molar-refractivity contribution in [3.8, 4) is 0 Å². The smallest absolute Gasteiger partial charge is 0.0589 e. The van der Waals surface area contributed by atoms with Gasteiger partial charge in [0.1, 0.15) is 0 Å². The molecule has 0 saturated heterocycles. The van der Waals surface area contributed by atoms with Gasteiger partial charge >= 0.3 is 0 Å². The Morgan fingerprint density at radius 2 is 2.06 bits per heavy atom. The molecule has 0 aromatic carbocycles. The van der Waals surface area contributed by atoms with Crippen molar-refractivity contribution >= 4 is 0 Å². The summed E-state index contributed by atoms with van der Waals surface area (Å²) in [4.78, 5) is 2.54. The molecule has 1 saturated carbocycles. The lowest BCUT2D eigenvalue weighted by molar-refractivity contribution is 0.00915. The van der Waals surface area contributed by atoms with Crippen LogP contribution in [0.15, 0.2) is 0 Å². The topological polar surface area (TPSA) is 38.5 Å². The van der Waals surface area contributed by atoms with E-state index in [0.717, 1.165) is 38.1 Å². The number of likely N-dealkylation sites (N-methyl/N-ethyl adjacent to an activating group) is 1. The Morgan fingerprint density at radius 3 is 2.53 bits per heavy atom. The highest BCUT2D eigenvalue weighted by molar-refractivity contribution is 4.97. The van der Waals surface area contributed by atoms with Gasteiger partial charge in [-0.25, -0.2) is 0 Å². The maximum Gasteiger partial charge on any atom is 0.0589 e. The van der Waals surface area contributed by atoms with Crippen LogP contribution in [-0.2, 0) is 4.74 Å². The van der Waals surface area contributed by atoms with Gasteiger partial charge in [-0.15, -0.1) is 0 Å². The highest BCUT2D eigenvalue weighted by atomic mass is 16.5. The van der Waals surface area contributed by atoms with E-state index < -0.39 is 0 Å². The van der Waals surface area contributed by atoms with E-state index in [9.17, 15) is 0 Å². The molecular weight excluding hydrogens is 212 g/mol. The van der Waals surface area contributed by atoms with Crippen molar-refractivity contribution in [1.29, 1.82) is 0 Å². The molecule has 0 radical (unpaired) electrons. The van der Waals surface area contributed by atoms with Crippen LogP contribution in [0.4, 0.5) is 0 Å². The normalized spacial score (nSPS) is 34.2. The predicted octanol–water partition coefficient (Wildman–Crippen LogP) is 2.11. The molecule has 3 heteroatoms. The largest absolute Gasteiger partial charge is 0.383 e. The number of hydrogen-bond acceptors (Lipinski definition) is 3. The summed E-state index contributed by atoms with van der Waals surface area (Å²) in [5.74, 6) is 1.62. The molecule has 0 aromatic rings. The summed E-state index contributed by atoms with van der Waals surface area (Å²) < 4.78 is 5.22. The summed E-state index contributed by atoms with van der Waals surface area (Å²) in [6, 6.07) is 0. The Bertz CT molecular complexity index is 222. The number of hydrogen-bond donors (Lipinski definition) is 1. The molecule has 3 unspecified atom stereocenters. The Morgan fingerprint density at radius 1 is 1.35 bits per heavy atom. The van der Waals surface area contributed by atoms with Gasteiger partial charge in [0.05, 0.1) is 6.61 Å². The minimum absolute atomic E-state index is 0.221. The summed E-state index contributed by atoms with van der Waals surface area (Å²) in [7, 11) is 1.77. The van der Waals surface area contributed by atoms with E-state index in [1.165, 1.54) is 19.3 Å². The molecule has 1 fully saturated rings. The van der Waals surface area contributed by atoms with Crippen molar-refractivity contribution in [3.05, 3.63) is 0 Å². The first kappa shape index (κ1) is 14.9. The molecule has 0 aromatic heterocycles. The Balaban J connectivity index is 2.71. The third kappa shape index (κ3) is 3.43. The molecule has 1 aliphatic carbocycles. The molecule has 0 aliphatic heterocycles. The Labute approximate surface area is 107 Å². The molecule has 102 valence electrons. The van der Waals surface area contributed by atoms with Gasteiger partial charge in [0, 0.05) is 25.7 Å². The van der Waals surface area contributed by atoms with Crippen LogP contribution in [0.3, 0.4) is 0 Å². The fourth-order valence-electron chi connectivity index (χ4n) is 3.22. The van der Waals surface area contributed by atoms with E-state index in [0.29, 0.717) is 0 Å². The second-order valence-corrected chi connectivity index (χ2v) is 5.70. The Hall–Kier alpha value is -0.120. The second-order valence-electron chi connectivity index (χ2n) is 5.70. The average Bonchev–Trinajstić information content (AvgIpc) is 2.34. The zero-order chi connectivity index (χ0) is 12.9. The van der Waals surface area contributed by atoms with Crippen LogP contribution in [0.2, 0.25) is 0 Å². The zero-order valence-electron chi connectivity index (χ0n) is 12.0. The van der Waals surface area contributed by atoms with Gasteiger partial charge in [0.2, 0.25) is 0 Å². The van der Waals surface area contributed by atoms with E-state index in [1.54, 1.807) is 7.11 Å². The van der Waals surface area contributed by atoms with Crippen molar-refractivity contribution in [2.45, 2.75) is 45.6 Å². The van der Waals surface area contributed by atoms with Gasteiger partial charge in [0.25, 0.3) is 0 Å². The van der Waals surface area contributed by atoms with E-state index in [2.05, 4.69) is 25.7 Å². The average molecular weight is 242 g/mol. The van der Waals surface area contributed by atoms with E-state index in [-0.39, 0.29) is 5.54 Å². The van der Waals surface area contributed by atoms with Gasteiger partial charge in [-0.2, -0.15) is 0 Å². The summed E-state index contributed by atoms with van der Waals surface area (Å²) in [6.45, 7) is 10.6. The molecule has 0 amide bonds. The molecule has 0 bridgehead atoms. The molecule has 1 aliphatic rings. The van der Waals surface area contributed by atoms with Crippen molar-refractivity contribution in [2.24, 2.45) is 17.6 Å². The van der Waals surface area contributed by atoms with E-state index in [4.69, 9.17) is 10.5 Å². The molecule has 1 rings (SSSR count). The maximum atomic E-state index is 6.11. The first-order valence-electron chi connectivity index (χ1n) is 7.03. The molecule has 0 spiro atoms. The monoisotopic (exact) mass is 242 g/mol. The molecule has 3 atom stereocenters. The molecule has 17 heavy (non-hydrogen) atoms. The number of ether oxygens (including phenoxy) is 1. The Kier molecular flexibility index (Phi) is 5.90. The third-order valence-electron chi connectivity index (χ3n) is 4.74. The van der Waals surface area contributed by atoms with Gasteiger partial charge in [-0.1, -0.05) is 20.8 Å². The van der Waals surface area contributed by atoms with Crippen LogP contribution in [-0.4, -0.2) is 43.8 Å². The SMILES string of the molecule is CCN(CCOC)C1(CN)CCC(C)C(C)C1. The highest BCUT2D eigenvalue weighted by Crippen LogP contribution is 2.39. The molecular formula is C14H30N2O. The second kappa shape index (κ2) is 6.72. The number of rotatable bonds is 6. The number of nitrogens with zero attached hydrogens (tertiary/aromatic N) is 1. The van der Waals surface area contributed by atoms with Crippen LogP contribution in [0, 0.1) is 11.8 Å². The lowest BCUT2D eigenvalue weighted by Crippen LogP contribution is -2.57. The predicted molar refractivity (Wildman–Crippen MR) is 73.1 cm³/mol. The molecule has 0 heterocycles. The maximum absolute atomic E-state index is 6.11. The fraction of sp³-hybridized carbons (Fsp3) is 1.00. The number of methoxy groups -OCH3 is 1. The van der Waals surface area contributed by atoms with E-state index in [1.807, 2.05) is 0 Å². The van der Waals surface area contributed by atoms with Crippen LogP contribution in [0.1, 0.15) is 40.0 Å². The summed E-state index contributed by atoms with van der Waals surface area (Å²) in [6.07, 6.45) is 3.79. The van der Waals surface area contributed by atoms with Crippen LogP contribution >= 0.6 is 0 Å². The quantitative estimate of drug-likeness (QED) is 0.775. The number of nitrogens with two attached hydrogens (primary N) is 1. The summed E-state index contributed by atoms with van der Waals surface area (Å²) >= 11 is 0. The lowest BCUT2D eigenvalue weighted by atomic mass is 9.70. The van der Waals surface area contributed by atoms with Crippen molar-refractivity contribution in [1.82, 2.24) is 4.90 Å². The minimum atomic E-state index is 0.221. The standard InChI is InChI=1S/C14H30N2O/c1-5-16(8-9-17-4)14(11-15)7-6-12(2)13(3)10-14/h12-13H,5-11,15H2,1-4H3. The molecule has 3 nitrogen and oxygen atoms in total. The first-order valence-corrected chi connectivity index (χ1v) is 7.03. The van der Waals surface area contributed by atoms with Crippen molar-refractivity contribution in [3.63, 3.8) is 0 Å². The van der Waals surface area contributed by atoms with Crippen LogP contribution in [0.25, 0.3) is 0 Å². The van der Waals surface area contributed by atoms with Gasteiger partial charge in [0.15, 0.2) is 0 Å². The first-order chi connectivity index (χ1) is 8.09. The minimum Gasteiger partial charge on any atom is -0.383 e. The van der Waals surface area contributed by atoms with Crippen LogP contribution < -0.4 is 5.73 Å². The summed E-state index contributed by atoms with van der Waals surface area (Å²) in [5, 5.41) is 0. The fourth-order valence-corrected chi connectivity index (χ4v) is 3.22. The third-order valence-corrected chi connectivity index (χ3v) is 4.74. The van der Waals surface area contributed by atoms with Crippen molar-refractivity contribution < 1.29 is 4.74 Å². The van der Waals surface area contributed by atoms with Gasteiger partial charge < -0.3 is 10.5 Å². The lowest BCUT2D eigenvalue weighted by Gasteiger charge is -2.49. The van der Waals surface area contributed by atoms with E-state index >= 15 is 0 Å². The summed E-state index contributed by atoms with van der Waals surface area (Å²) in [5.41, 5.74) is 6.33. The van der Waals surface area contributed by atoms with Gasteiger partial charge in [-0.05, 0) is 37.6 Å². The molecule has 2 N–H and O–H groups in total. The van der Waals surface area contributed by atoms with Gasteiger partial charge in [-0.3, -0.25) is 4.90 Å². The highest BCUT2D eigenvalue weighted by Gasteiger charge is 2.40. The zero-order valence-corrected chi connectivity index (χ0v) is 12.0. The van der Waals surface area contributed by atoms with Crippen molar-refractivity contribution in [2.75, 3.05) is 33.4 Å².